The molecule has 0 atom stereocenters. The van der Waals surface area contributed by atoms with Crippen molar-refractivity contribution in [1.82, 2.24) is 9.55 Å². The molecule has 1 aromatic carbocycles. The number of rotatable bonds is 4. The van der Waals surface area contributed by atoms with E-state index in [2.05, 4.69) is 10.3 Å². The molecule has 1 N–H and O–H groups in total. The standard InChI is InChI=1S/C14H17N3O/c1-3-13-15-7-8-17(13)10-14(18)16-12-6-4-5-11(2)9-12/h4-9H,3,10H2,1-2H3,(H,16,18). The topological polar surface area (TPSA) is 46.9 Å². The van der Waals surface area contributed by atoms with Gasteiger partial charge in [0.05, 0.1) is 0 Å². The van der Waals surface area contributed by atoms with Crippen LogP contribution in [0.4, 0.5) is 5.69 Å². The average molecular weight is 243 g/mol. The van der Waals surface area contributed by atoms with Crippen molar-refractivity contribution in [1.29, 1.82) is 0 Å². The first-order valence-corrected chi connectivity index (χ1v) is 6.05. The van der Waals surface area contributed by atoms with Gasteiger partial charge in [-0.2, -0.15) is 0 Å². The van der Waals surface area contributed by atoms with E-state index in [1.54, 1.807) is 6.20 Å². The molecule has 0 saturated heterocycles. The number of carbonyl (C=O) groups excluding carboxylic acids is 1. The van der Waals surface area contributed by atoms with Crippen molar-refractivity contribution in [2.75, 3.05) is 5.32 Å². The molecule has 0 spiro atoms. The fraction of sp³-hybridized carbons (Fsp3) is 0.286. The smallest absolute Gasteiger partial charge is 0.244 e. The minimum absolute atomic E-state index is 0.0340. The summed E-state index contributed by atoms with van der Waals surface area (Å²) in [5.74, 6) is 0.891. The fourth-order valence-corrected chi connectivity index (χ4v) is 1.88. The van der Waals surface area contributed by atoms with Crippen molar-refractivity contribution < 1.29 is 4.79 Å². The maximum absolute atomic E-state index is 11.9. The number of hydrogen-bond acceptors (Lipinski definition) is 2. The van der Waals surface area contributed by atoms with E-state index in [4.69, 9.17) is 0 Å². The lowest BCUT2D eigenvalue weighted by Crippen LogP contribution is -2.19. The molecule has 1 heterocycles. The second-order valence-electron chi connectivity index (χ2n) is 4.24. The molecule has 0 aliphatic heterocycles. The quantitative estimate of drug-likeness (QED) is 0.896. The Morgan fingerprint density at radius 2 is 2.28 bits per heavy atom. The van der Waals surface area contributed by atoms with E-state index in [-0.39, 0.29) is 5.91 Å². The largest absolute Gasteiger partial charge is 0.326 e. The Balaban J connectivity index is 2.01. The Morgan fingerprint density at radius 1 is 1.44 bits per heavy atom. The molecule has 0 aliphatic rings. The number of amides is 1. The van der Waals surface area contributed by atoms with Gasteiger partial charge in [-0.25, -0.2) is 4.98 Å². The summed E-state index contributed by atoms with van der Waals surface area (Å²) in [5, 5.41) is 2.88. The highest BCUT2D eigenvalue weighted by molar-refractivity contribution is 5.90. The van der Waals surface area contributed by atoms with Gasteiger partial charge in [0.1, 0.15) is 12.4 Å². The minimum atomic E-state index is -0.0340. The molecule has 18 heavy (non-hydrogen) atoms. The number of benzene rings is 1. The van der Waals surface area contributed by atoms with E-state index in [0.717, 1.165) is 23.5 Å². The zero-order valence-electron chi connectivity index (χ0n) is 10.7. The maximum atomic E-state index is 11.9. The van der Waals surface area contributed by atoms with Gasteiger partial charge in [0.2, 0.25) is 5.91 Å². The van der Waals surface area contributed by atoms with Crippen molar-refractivity contribution in [3.63, 3.8) is 0 Å². The number of nitrogens with zero attached hydrogens (tertiary/aromatic N) is 2. The number of aromatic nitrogens is 2. The molecule has 0 aliphatic carbocycles. The van der Waals surface area contributed by atoms with E-state index in [9.17, 15) is 4.79 Å². The predicted molar refractivity (Wildman–Crippen MR) is 71.4 cm³/mol. The van der Waals surface area contributed by atoms with Crippen LogP contribution < -0.4 is 5.32 Å². The third-order valence-electron chi connectivity index (χ3n) is 2.73. The molecule has 0 bridgehead atoms. The summed E-state index contributed by atoms with van der Waals surface area (Å²) in [6, 6.07) is 7.77. The Morgan fingerprint density at radius 3 is 3.00 bits per heavy atom. The van der Waals surface area contributed by atoms with Gasteiger partial charge < -0.3 is 9.88 Å². The monoisotopic (exact) mass is 243 g/mol. The fourth-order valence-electron chi connectivity index (χ4n) is 1.88. The lowest BCUT2D eigenvalue weighted by Gasteiger charge is -2.08. The van der Waals surface area contributed by atoms with Crippen LogP contribution in [0.25, 0.3) is 0 Å². The highest BCUT2D eigenvalue weighted by Crippen LogP contribution is 2.09. The van der Waals surface area contributed by atoms with Crippen LogP contribution in [0.1, 0.15) is 18.3 Å². The molecular formula is C14H17N3O. The molecule has 4 nitrogen and oxygen atoms in total. The lowest BCUT2D eigenvalue weighted by atomic mass is 10.2. The van der Waals surface area contributed by atoms with Crippen LogP contribution in [0.2, 0.25) is 0 Å². The maximum Gasteiger partial charge on any atom is 0.244 e. The van der Waals surface area contributed by atoms with E-state index in [0.29, 0.717) is 6.54 Å². The molecule has 4 heteroatoms. The molecule has 1 amide bonds. The molecule has 2 rings (SSSR count). The van der Waals surface area contributed by atoms with Gasteiger partial charge >= 0.3 is 0 Å². The van der Waals surface area contributed by atoms with Crippen LogP contribution in [0, 0.1) is 6.92 Å². The van der Waals surface area contributed by atoms with Crippen LogP contribution in [0.15, 0.2) is 36.7 Å². The molecule has 94 valence electrons. The lowest BCUT2D eigenvalue weighted by molar-refractivity contribution is -0.116. The molecule has 2 aromatic rings. The van der Waals surface area contributed by atoms with Gasteiger partial charge in [-0.15, -0.1) is 0 Å². The van der Waals surface area contributed by atoms with Crippen molar-refractivity contribution in [2.24, 2.45) is 0 Å². The van der Waals surface area contributed by atoms with Gasteiger partial charge in [-0.3, -0.25) is 4.79 Å². The third-order valence-corrected chi connectivity index (χ3v) is 2.73. The Labute approximate surface area is 107 Å². The third kappa shape index (κ3) is 2.97. The molecule has 0 fully saturated rings. The Bertz CT molecular complexity index is 545. The summed E-state index contributed by atoms with van der Waals surface area (Å²) in [6.07, 6.45) is 4.37. The van der Waals surface area contributed by atoms with Gasteiger partial charge in [0, 0.05) is 24.5 Å². The predicted octanol–water partition coefficient (Wildman–Crippen LogP) is 2.39. The summed E-state index contributed by atoms with van der Waals surface area (Å²) in [7, 11) is 0. The normalized spacial score (nSPS) is 10.3. The summed E-state index contributed by atoms with van der Waals surface area (Å²) in [4.78, 5) is 16.1. The van der Waals surface area contributed by atoms with Crippen LogP contribution in [-0.2, 0) is 17.8 Å². The van der Waals surface area contributed by atoms with Gasteiger partial charge in [-0.1, -0.05) is 19.1 Å². The van der Waals surface area contributed by atoms with Crippen LogP contribution >= 0.6 is 0 Å². The summed E-state index contributed by atoms with van der Waals surface area (Å²) >= 11 is 0. The van der Waals surface area contributed by atoms with Crippen LogP contribution in [0.3, 0.4) is 0 Å². The SMILES string of the molecule is CCc1nccn1CC(=O)Nc1cccc(C)c1. The number of hydrogen-bond donors (Lipinski definition) is 1. The van der Waals surface area contributed by atoms with Gasteiger partial charge in [0.15, 0.2) is 0 Å². The highest BCUT2D eigenvalue weighted by atomic mass is 16.1. The molecular weight excluding hydrogens is 226 g/mol. The van der Waals surface area contributed by atoms with Crippen LogP contribution in [-0.4, -0.2) is 15.5 Å². The molecule has 0 saturated carbocycles. The zero-order chi connectivity index (χ0) is 13.0. The van der Waals surface area contributed by atoms with Crippen molar-refractivity contribution in [2.45, 2.75) is 26.8 Å². The number of aryl methyl sites for hydroxylation is 2. The number of anilines is 1. The van der Waals surface area contributed by atoms with E-state index in [1.807, 2.05) is 48.9 Å². The number of imidazole rings is 1. The molecule has 0 unspecified atom stereocenters. The molecule has 1 aromatic heterocycles. The minimum Gasteiger partial charge on any atom is -0.326 e. The van der Waals surface area contributed by atoms with E-state index in [1.165, 1.54) is 0 Å². The number of nitrogens with one attached hydrogen (secondary N) is 1. The molecule has 0 radical (unpaired) electrons. The highest BCUT2D eigenvalue weighted by Gasteiger charge is 2.06. The first-order valence-electron chi connectivity index (χ1n) is 6.05. The average Bonchev–Trinajstić information content (AvgIpc) is 2.76. The van der Waals surface area contributed by atoms with Crippen molar-refractivity contribution >= 4 is 11.6 Å². The zero-order valence-corrected chi connectivity index (χ0v) is 10.7. The first kappa shape index (κ1) is 12.4. The van der Waals surface area contributed by atoms with Gasteiger partial charge in [0.25, 0.3) is 0 Å². The first-order chi connectivity index (χ1) is 8.69. The second kappa shape index (κ2) is 5.49. The summed E-state index contributed by atoms with van der Waals surface area (Å²) in [5.41, 5.74) is 1.96. The second-order valence-corrected chi connectivity index (χ2v) is 4.24. The van der Waals surface area contributed by atoms with Crippen LogP contribution in [0.5, 0.6) is 0 Å². The van der Waals surface area contributed by atoms with Crippen molar-refractivity contribution in [3.05, 3.63) is 48.0 Å². The summed E-state index contributed by atoms with van der Waals surface area (Å²) < 4.78 is 1.87. The summed E-state index contributed by atoms with van der Waals surface area (Å²) in [6.45, 7) is 4.33. The van der Waals surface area contributed by atoms with Gasteiger partial charge in [-0.05, 0) is 24.6 Å². The van der Waals surface area contributed by atoms with E-state index >= 15 is 0 Å². The Kier molecular flexibility index (Phi) is 3.77. The Hall–Kier alpha value is -2.10. The van der Waals surface area contributed by atoms with Crippen molar-refractivity contribution in [3.8, 4) is 0 Å². The number of carbonyl (C=O) groups is 1. The van der Waals surface area contributed by atoms with E-state index < -0.39 is 0 Å².